The Morgan fingerprint density at radius 2 is 1.89 bits per heavy atom. The number of carbonyl (C=O) groups excluding carboxylic acids is 2. The number of aryl methyl sites for hydroxylation is 1. The average Bonchev–Trinajstić information content (AvgIpc) is 2.67. The Labute approximate surface area is 154 Å². The maximum absolute atomic E-state index is 12.1. The molecule has 1 amide bonds. The van der Waals surface area contributed by atoms with Gasteiger partial charge in [0.25, 0.3) is 11.6 Å². The molecule has 1 aliphatic rings. The van der Waals surface area contributed by atoms with Gasteiger partial charge in [-0.2, -0.15) is 0 Å². The van der Waals surface area contributed by atoms with Crippen LogP contribution in [0.1, 0.15) is 15.9 Å². The molecule has 3 rings (SSSR count). The Kier molecular flexibility index (Phi) is 5.20. The van der Waals surface area contributed by atoms with Crippen molar-refractivity contribution in [3.63, 3.8) is 0 Å². The number of nitrogens with zero attached hydrogens (tertiary/aromatic N) is 1. The number of benzene rings is 2. The first-order chi connectivity index (χ1) is 12.9. The predicted octanol–water partition coefficient (Wildman–Crippen LogP) is 2.47. The standard InChI is InChI=1S/C18H16N2O7/c1-11-2-4-13(20(23)24)9-14(11)19-17(21)10-27-18(22)12-3-5-15-16(8-12)26-7-6-25-15/h2-5,8-9H,6-7,10H2,1H3,(H,19,21). The average molecular weight is 372 g/mol. The number of anilines is 1. The number of non-ortho nitro benzene ring substituents is 1. The van der Waals surface area contributed by atoms with Crippen LogP contribution < -0.4 is 14.8 Å². The Morgan fingerprint density at radius 1 is 1.15 bits per heavy atom. The Bertz CT molecular complexity index is 911. The molecule has 2 aromatic carbocycles. The number of nitro benzene ring substituents is 1. The minimum atomic E-state index is -0.696. The maximum Gasteiger partial charge on any atom is 0.338 e. The van der Waals surface area contributed by atoms with E-state index in [1.165, 1.54) is 30.3 Å². The fourth-order valence-corrected chi connectivity index (χ4v) is 2.43. The minimum Gasteiger partial charge on any atom is -0.486 e. The predicted molar refractivity (Wildman–Crippen MR) is 94.2 cm³/mol. The highest BCUT2D eigenvalue weighted by Crippen LogP contribution is 2.31. The Hall–Kier alpha value is -3.62. The molecular formula is C18H16N2O7. The number of hydrogen-bond donors (Lipinski definition) is 1. The largest absolute Gasteiger partial charge is 0.486 e. The molecule has 0 aliphatic carbocycles. The third kappa shape index (κ3) is 4.32. The van der Waals surface area contributed by atoms with Crippen LogP contribution in [0, 0.1) is 17.0 Å². The molecular weight excluding hydrogens is 356 g/mol. The van der Waals surface area contributed by atoms with E-state index in [-0.39, 0.29) is 16.9 Å². The number of nitro groups is 1. The summed E-state index contributed by atoms with van der Waals surface area (Å²) in [4.78, 5) is 34.4. The van der Waals surface area contributed by atoms with Gasteiger partial charge < -0.3 is 19.5 Å². The number of esters is 1. The van der Waals surface area contributed by atoms with Crippen LogP contribution in [0.25, 0.3) is 0 Å². The topological polar surface area (TPSA) is 117 Å². The van der Waals surface area contributed by atoms with Gasteiger partial charge in [0.05, 0.1) is 16.2 Å². The van der Waals surface area contributed by atoms with E-state index in [1.54, 1.807) is 13.0 Å². The van der Waals surface area contributed by atoms with Gasteiger partial charge in [-0.3, -0.25) is 14.9 Å². The van der Waals surface area contributed by atoms with Gasteiger partial charge in [0.2, 0.25) is 0 Å². The van der Waals surface area contributed by atoms with Gasteiger partial charge in [0.1, 0.15) is 13.2 Å². The van der Waals surface area contributed by atoms with E-state index in [0.717, 1.165) is 0 Å². The highest BCUT2D eigenvalue weighted by atomic mass is 16.6. The lowest BCUT2D eigenvalue weighted by Gasteiger charge is -2.18. The first-order valence-corrected chi connectivity index (χ1v) is 8.06. The SMILES string of the molecule is Cc1ccc([N+](=O)[O-])cc1NC(=O)COC(=O)c1ccc2c(c1)OCCO2. The van der Waals surface area contributed by atoms with Crippen LogP contribution in [0.15, 0.2) is 36.4 Å². The van der Waals surface area contributed by atoms with Crippen molar-refractivity contribution in [2.45, 2.75) is 6.92 Å². The van der Waals surface area contributed by atoms with Crippen molar-refractivity contribution in [2.75, 3.05) is 25.1 Å². The van der Waals surface area contributed by atoms with E-state index in [4.69, 9.17) is 14.2 Å². The summed E-state index contributed by atoms with van der Waals surface area (Å²) in [5.41, 5.74) is 0.999. The highest BCUT2D eigenvalue weighted by molar-refractivity contribution is 5.96. The lowest BCUT2D eigenvalue weighted by Crippen LogP contribution is -2.21. The molecule has 0 aromatic heterocycles. The summed E-state index contributed by atoms with van der Waals surface area (Å²) in [6.45, 7) is 1.99. The highest BCUT2D eigenvalue weighted by Gasteiger charge is 2.17. The van der Waals surface area contributed by atoms with E-state index in [1.807, 2.05) is 0 Å². The number of rotatable bonds is 5. The summed E-state index contributed by atoms with van der Waals surface area (Å²) in [6, 6.07) is 8.70. The molecule has 0 fully saturated rings. The maximum atomic E-state index is 12.1. The lowest BCUT2D eigenvalue weighted by molar-refractivity contribution is -0.384. The molecule has 9 nitrogen and oxygen atoms in total. The quantitative estimate of drug-likeness (QED) is 0.487. The number of carbonyl (C=O) groups is 2. The van der Waals surface area contributed by atoms with Crippen molar-refractivity contribution >= 4 is 23.3 Å². The van der Waals surface area contributed by atoms with Crippen LogP contribution in [0.5, 0.6) is 11.5 Å². The van der Waals surface area contributed by atoms with E-state index in [9.17, 15) is 19.7 Å². The third-order valence-electron chi connectivity index (χ3n) is 3.82. The van der Waals surface area contributed by atoms with Crippen LogP contribution >= 0.6 is 0 Å². The van der Waals surface area contributed by atoms with Gasteiger partial charge in [-0.25, -0.2) is 4.79 Å². The molecule has 0 unspecified atom stereocenters. The molecule has 27 heavy (non-hydrogen) atoms. The molecule has 0 bridgehead atoms. The molecule has 0 radical (unpaired) electrons. The van der Waals surface area contributed by atoms with E-state index in [0.29, 0.717) is 30.3 Å². The number of hydrogen-bond acceptors (Lipinski definition) is 7. The Balaban J connectivity index is 1.60. The second-order valence-electron chi connectivity index (χ2n) is 5.74. The molecule has 0 saturated heterocycles. The summed E-state index contributed by atoms with van der Waals surface area (Å²) in [6.07, 6.45) is 0. The smallest absolute Gasteiger partial charge is 0.338 e. The molecule has 0 spiro atoms. The van der Waals surface area contributed by atoms with Crippen molar-refractivity contribution in [1.82, 2.24) is 0 Å². The molecule has 140 valence electrons. The first kappa shape index (κ1) is 18.2. The molecule has 9 heteroatoms. The number of nitrogens with one attached hydrogen (secondary N) is 1. The molecule has 1 N–H and O–H groups in total. The van der Waals surface area contributed by atoms with Crippen molar-refractivity contribution in [1.29, 1.82) is 0 Å². The monoisotopic (exact) mass is 372 g/mol. The zero-order valence-electron chi connectivity index (χ0n) is 14.4. The molecule has 2 aromatic rings. The fraction of sp³-hybridized carbons (Fsp3) is 0.222. The zero-order chi connectivity index (χ0) is 19.4. The second kappa shape index (κ2) is 7.73. The van der Waals surface area contributed by atoms with Gasteiger partial charge in [0.15, 0.2) is 18.1 Å². The number of ether oxygens (including phenoxy) is 3. The van der Waals surface area contributed by atoms with Crippen LogP contribution in [-0.2, 0) is 9.53 Å². The van der Waals surface area contributed by atoms with Crippen molar-refractivity contribution in [3.05, 3.63) is 57.6 Å². The first-order valence-electron chi connectivity index (χ1n) is 8.06. The van der Waals surface area contributed by atoms with Crippen LogP contribution in [0.4, 0.5) is 11.4 Å². The molecule has 1 aliphatic heterocycles. The van der Waals surface area contributed by atoms with Gasteiger partial charge in [-0.05, 0) is 30.7 Å². The minimum absolute atomic E-state index is 0.149. The van der Waals surface area contributed by atoms with Crippen LogP contribution in [0.2, 0.25) is 0 Å². The van der Waals surface area contributed by atoms with Crippen molar-refractivity contribution in [2.24, 2.45) is 0 Å². The summed E-state index contributed by atoms with van der Waals surface area (Å²) in [5.74, 6) is -0.327. The lowest BCUT2D eigenvalue weighted by atomic mass is 10.2. The third-order valence-corrected chi connectivity index (χ3v) is 3.82. The van der Waals surface area contributed by atoms with Crippen molar-refractivity contribution < 1.29 is 28.7 Å². The van der Waals surface area contributed by atoms with Gasteiger partial charge >= 0.3 is 5.97 Å². The van der Waals surface area contributed by atoms with Crippen LogP contribution in [0.3, 0.4) is 0 Å². The normalized spacial score (nSPS) is 12.2. The van der Waals surface area contributed by atoms with Crippen LogP contribution in [-0.4, -0.2) is 36.6 Å². The number of amides is 1. The number of fused-ring (bicyclic) bond motifs is 1. The molecule has 1 heterocycles. The van der Waals surface area contributed by atoms with Crippen molar-refractivity contribution in [3.8, 4) is 11.5 Å². The molecule has 0 saturated carbocycles. The summed E-state index contributed by atoms with van der Waals surface area (Å²) >= 11 is 0. The summed E-state index contributed by atoms with van der Waals surface area (Å²) in [7, 11) is 0. The summed E-state index contributed by atoms with van der Waals surface area (Å²) < 4.78 is 15.8. The van der Waals surface area contributed by atoms with Gasteiger partial charge in [0, 0.05) is 12.1 Å². The second-order valence-corrected chi connectivity index (χ2v) is 5.74. The van der Waals surface area contributed by atoms with E-state index >= 15 is 0 Å². The molecule has 0 atom stereocenters. The zero-order valence-corrected chi connectivity index (χ0v) is 14.4. The Morgan fingerprint density at radius 3 is 2.63 bits per heavy atom. The summed E-state index contributed by atoms with van der Waals surface area (Å²) in [5, 5.41) is 13.3. The van der Waals surface area contributed by atoms with E-state index in [2.05, 4.69) is 5.32 Å². The van der Waals surface area contributed by atoms with Gasteiger partial charge in [-0.1, -0.05) is 6.07 Å². The van der Waals surface area contributed by atoms with Gasteiger partial charge in [-0.15, -0.1) is 0 Å². The van der Waals surface area contributed by atoms with E-state index < -0.39 is 23.4 Å². The fourth-order valence-electron chi connectivity index (χ4n) is 2.43.